The van der Waals surface area contributed by atoms with Crippen LogP contribution in [-0.4, -0.2) is 19.4 Å². The molecule has 0 bridgehead atoms. The molecule has 0 heterocycles. The van der Waals surface area contributed by atoms with Gasteiger partial charge < -0.3 is 5.73 Å². The number of hydrogen-bond donors (Lipinski definition) is 1. The molecule has 134 valence electrons. The number of alkyl halides is 2. The van der Waals surface area contributed by atoms with Crippen molar-refractivity contribution in [3.05, 3.63) is 70.0 Å². The summed E-state index contributed by atoms with van der Waals surface area (Å²) in [5, 5.41) is 10.7. The first kappa shape index (κ1) is 18.7. The summed E-state index contributed by atoms with van der Waals surface area (Å²) in [7, 11) is -4.78. The molecule has 0 aliphatic carbocycles. The molecule has 2 aromatic rings. The van der Waals surface area contributed by atoms with Gasteiger partial charge in [-0.1, -0.05) is 12.1 Å². The van der Waals surface area contributed by atoms with Crippen molar-refractivity contribution in [2.24, 2.45) is 0 Å². The molecule has 0 saturated heterocycles. The molecule has 0 amide bonds. The van der Waals surface area contributed by atoms with E-state index in [2.05, 4.69) is 4.18 Å². The third kappa shape index (κ3) is 4.06. The quantitative estimate of drug-likeness (QED) is 0.273. The lowest BCUT2D eigenvalue weighted by Crippen LogP contribution is -2.37. The monoisotopic (exact) mass is 376 g/mol. The highest BCUT2D eigenvalue weighted by molar-refractivity contribution is 7.86. The highest BCUT2D eigenvalue weighted by Gasteiger charge is 2.57. The molecule has 0 saturated carbocycles. The van der Waals surface area contributed by atoms with E-state index in [-0.39, 0.29) is 5.69 Å². The van der Waals surface area contributed by atoms with E-state index in [9.17, 15) is 31.7 Å². The summed E-state index contributed by atoms with van der Waals surface area (Å²) in [5.74, 6) is -0.798. The van der Waals surface area contributed by atoms with Gasteiger partial charge in [0.2, 0.25) is 6.10 Å². The fraction of sp³-hybridized carbons (Fsp3) is 0.143. The van der Waals surface area contributed by atoms with E-state index in [0.29, 0.717) is 0 Å². The van der Waals surface area contributed by atoms with E-state index >= 15 is 0 Å². The second-order valence-electron chi connectivity index (χ2n) is 4.90. The molecule has 2 rings (SSSR count). The number of nitrogens with two attached hydrogens (primary N) is 1. The minimum absolute atomic E-state index is 0.213. The molecule has 0 unspecified atom stereocenters. The first-order valence-electron chi connectivity index (χ1n) is 6.60. The Balaban J connectivity index is 2.47. The van der Waals surface area contributed by atoms with Crippen molar-refractivity contribution in [3.8, 4) is 0 Å². The van der Waals surface area contributed by atoms with Crippen LogP contribution in [0.15, 0.2) is 53.4 Å². The zero-order valence-electron chi connectivity index (χ0n) is 12.3. The predicted molar refractivity (Wildman–Crippen MR) is 80.2 cm³/mol. The normalized spacial score (nSPS) is 13.4. The molecule has 0 aromatic heterocycles. The maximum absolute atomic E-state index is 13.9. The second-order valence-corrected chi connectivity index (χ2v) is 6.47. The third-order valence-electron chi connectivity index (χ3n) is 3.12. The number of nitro groups is 1. The highest BCUT2D eigenvalue weighted by Crippen LogP contribution is 2.37. The molecule has 0 radical (unpaired) electrons. The maximum Gasteiger partial charge on any atom is 0.543 e. The second kappa shape index (κ2) is 6.69. The fourth-order valence-corrected chi connectivity index (χ4v) is 2.92. The smallest absolute Gasteiger partial charge is 0.399 e. The first-order chi connectivity index (χ1) is 11.5. The molecular formula is C14H11F3N2O5S. The summed E-state index contributed by atoms with van der Waals surface area (Å²) in [6.45, 7) is 0. The Hall–Kier alpha value is -2.66. The van der Waals surface area contributed by atoms with E-state index in [1.807, 2.05) is 0 Å². The van der Waals surface area contributed by atoms with E-state index in [1.54, 1.807) is 0 Å². The van der Waals surface area contributed by atoms with Crippen molar-refractivity contribution in [2.75, 3.05) is 5.73 Å². The van der Waals surface area contributed by atoms with Crippen molar-refractivity contribution in [2.45, 2.75) is 17.0 Å². The molecule has 25 heavy (non-hydrogen) atoms. The zero-order chi connectivity index (χ0) is 18.8. The molecule has 0 aliphatic rings. The van der Waals surface area contributed by atoms with Gasteiger partial charge in [-0.05, 0) is 42.0 Å². The number of nitrogens with zero attached hydrogens (tertiary/aromatic N) is 1. The van der Waals surface area contributed by atoms with Crippen LogP contribution < -0.4 is 5.73 Å². The number of halogens is 3. The van der Waals surface area contributed by atoms with Crippen molar-refractivity contribution in [1.29, 1.82) is 0 Å². The topological polar surface area (TPSA) is 113 Å². The van der Waals surface area contributed by atoms with Gasteiger partial charge in [-0.3, -0.25) is 10.1 Å². The number of rotatable bonds is 6. The number of benzene rings is 2. The Morgan fingerprint density at radius 3 is 2.08 bits per heavy atom. The lowest BCUT2D eigenvalue weighted by atomic mass is 10.1. The average Bonchev–Trinajstić information content (AvgIpc) is 2.54. The molecular weight excluding hydrogens is 365 g/mol. The molecule has 7 nitrogen and oxygen atoms in total. The van der Waals surface area contributed by atoms with Crippen molar-refractivity contribution in [3.63, 3.8) is 0 Å². The summed E-state index contributed by atoms with van der Waals surface area (Å²) in [6, 6.07) is 2.64. The largest absolute Gasteiger partial charge is 0.543 e. The van der Waals surface area contributed by atoms with Crippen LogP contribution in [0, 0.1) is 15.9 Å². The average molecular weight is 376 g/mol. The maximum atomic E-state index is 13.9. The Morgan fingerprint density at radius 2 is 1.60 bits per heavy atom. The van der Waals surface area contributed by atoms with Gasteiger partial charge in [0.15, 0.2) is 0 Å². The van der Waals surface area contributed by atoms with Crippen LogP contribution in [0.2, 0.25) is 0 Å². The molecule has 11 heteroatoms. The number of hydrogen-bond acceptors (Lipinski definition) is 6. The molecule has 2 aromatic carbocycles. The molecule has 0 aliphatic heterocycles. The highest BCUT2D eigenvalue weighted by atomic mass is 32.2. The summed E-state index contributed by atoms with van der Waals surface area (Å²) in [6.07, 6.45) is -2.79. The lowest BCUT2D eigenvalue weighted by Gasteiger charge is -2.20. The minimum atomic E-state index is -4.78. The summed E-state index contributed by atoms with van der Waals surface area (Å²) in [4.78, 5) is 8.17. The van der Waals surface area contributed by atoms with E-state index in [0.717, 1.165) is 36.4 Å². The predicted octanol–water partition coefficient (Wildman–Crippen LogP) is 2.72. The van der Waals surface area contributed by atoms with E-state index in [1.165, 1.54) is 12.1 Å². The van der Waals surface area contributed by atoms with Gasteiger partial charge in [0.1, 0.15) is 5.82 Å². The van der Waals surface area contributed by atoms with Crippen LogP contribution in [0.4, 0.5) is 18.9 Å². The van der Waals surface area contributed by atoms with E-state index < -0.39 is 43.5 Å². The van der Waals surface area contributed by atoms with Crippen LogP contribution in [0.25, 0.3) is 0 Å². The number of anilines is 1. The Kier molecular flexibility index (Phi) is 4.99. The molecule has 0 spiro atoms. The molecule has 2 N–H and O–H groups in total. The van der Waals surface area contributed by atoms with Crippen LogP contribution in [0.3, 0.4) is 0 Å². The molecule has 0 fully saturated rings. The summed E-state index contributed by atoms with van der Waals surface area (Å²) < 4.78 is 69.5. The van der Waals surface area contributed by atoms with Crippen molar-refractivity contribution in [1.82, 2.24) is 0 Å². The minimum Gasteiger partial charge on any atom is -0.399 e. The number of nitrogen functional groups attached to an aromatic ring is 1. The van der Waals surface area contributed by atoms with E-state index in [4.69, 9.17) is 5.73 Å². The summed E-state index contributed by atoms with van der Waals surface area (Å²) in [5.41, 5.74) is 5.04. The van der Waals surface area contributed by atoms with Crippen LogP contribution in [-0.2, 0) is 14.3 Å². The Labute approximate surface area is 140 Å². The Morgan fingerprint density at radius 1 is 1.08 bits per heavy atom. The SMILES string of the molecule is Nc1ccc(S(=O)(=O)O[C@H](c2ccc(F)cc2)C(F)(F)[N+](=O)[O-])cc1. The standard InChI is InChI=1S/C14H11F3N2O5S/c15-10-3-1-9(2-4-10)13(14(16,17)19(20)21)24-25(22,23)12-7-5-11(18)6-8-12/h1-8,13H,18H2/t13-/m1/s1. The zero-order valence-corrected chi connectivity index (χ0v) is 13.1. The Bertz CT molecular complexity index is 870. The van der Waals surface area contributed by atoms with Crippen LogP contribution in [0.1, 0.15) is 11.7 Å². The summed E-state index contributed by atoms with van der Waals surface area (Å²) >= 11 is 0. The molecule has 1 atom stereocenters. The van der Waals surface area contributed by atoms with Gasteiger partial charge in [0.05, 0.1) is 9.82 Å². The first-order valence-corrected chi connectivity index (χ1v) is 8.01. The van der Waals surface area contributed by atoms with Gasteiger partial charge in [-0.15, -0.1) is 8.78 Å². The lowest BCUT2D eigenvalue weighted by molar-refractivity contribution is -0.657. The van der Waals surface area contributed by atoms with Gasteiger partial charge in [-0.25, -0.2) is 8.57 Å². The van der Waals surface area contributed by atoms with Crippen LogP contribution in [0.5, 0.6) is 0 Å². The van der Waals surface area contributed by atoms with Gasteiger partial charge >= 0.3 is 6.05 Å². The van der Waals surface area contributed by atoms with Crippen molar-refractivity contribution < 1.29 is 30.7 Å². The van der Waals surface area contributed by atoms with Crippen LogP contribution >= 0.6 is 0 Å². The van der Waals surface area contributed by atoms with Crippen molar-refractivity contribution >= 4 is 15.8 Å². The van der Waals surface area contributed by atoms with Gasteiger partial charge in [0, 0.05) is 5.69 Å². The van der Waals surface area contributed by atoms with Gasteiger partial charge in [-0.2, -0.15) is 8.42 Å². The van der Waals surface area contributed by atoms with Gasteiger partial charge in [0.25, 0.3) is 10.1 Å². The third-order valence-corrected chi connectivity index (χ3v) is 4.42. The fourth-order valence-electron chi connectivity index (χ4n) is 1.86.